The Bertz CT molecular complexity index is 434. The first-order valence-corrected chi connectivity index (χ1v) is 7.50. The third-order valence-corrected chi connectivity index (χ3v) is 3.80. The summed E-state index contributed by atoms with van der Waals surface area (Å²) in [5, 5.41) is 0. The van der Waals surface area contributed by atoms with Crippen LogP contribution in [0.1, 0.15) is 43.0 Å². The Morgan fingerprint density at radius 3 is 2.67 bits per heavy atom. The van der Waals surface area contributed by atoms with E-state index in [2.05, 4.69) is 0 Å². The molecule has 21 heavy (non-hydrogen) atoms. The Kier molecular flexibility index (Phi) is 7.54. The number of hydrogen-bond donors (Lipinski definition) is 1. The highest BCUT2D eigenvalue weighted by atomic mass is 35.5. The third kappa shape index (κ3) is 4.61. The lowest BCUT2D eigenvalue weighted by Gasteiger charge is -2.35. The van der Waals surface area contributed by atoms with Crippen molar-refractivity contribution in [3.63, 3.8) is 0 Å². The second-order valence-corrected chi connectivity index (χ2v) is 5.18. The van der Waals surface area contributed by atoms with E-state index in [0.717, 1.165) is 37.1 Å². The lowest BCUT2D eigenvalue weighted by atomic mass is 9.98. The van der Waals surface area contributed by atoms with E-state index in [9.17, 15) is 4.79 Å². The van der Waals surface area contributed by atoms with Gasteiger partial charge >= 0.3 is 0 Å². The van der Waals surface area contributed by atoms with Crippen molar-refractivity contribution >= 4 is 18.3 Å². The van der Waals surface area contributed by atoms with E-state index in [4.69, 9.17) is 10.5 Å². The van der Waals surface area contributed by atoms with Crippen LogP contribution in [0, 0.1) is 0 Å². The monoisotopic (exact) mass is 312 g/mol. The van der Waals surface area contributed by atoms with Crippen molar-refractivity contribution < 1.29 is 9.53 Å². The van der Waals surface area contributed by atoms with Crippen molar-refractivity contribution in [3.8, 4) is 5.75 Å². The van der Waals surface area contributed by atoms with E-state index >= 15 is 0 Å². The molecule has 1 aromatic carbocycles. The molecule has 1 atom stereocenters. The largest absolute Gasteiger partial charge is 0.494 e. The van der Waals surface area contributed by atoms with Crippen LogP contribution in [0.5, 0.6) is 5.75 Å². The lowest BCUT2D eigenvalue weighted by molar-refractivity contribution is 0.0605. The standard InChI is InChI=1S/C16H24N2O2.ClH/c1-2-20-15-8-6-13(7-9-15)16(19)18-12-4-3-5-14(18)10-11-17;/h6-9,14H,2-5,10-12,17H2,1H3;1H. The van der Waals surface area contributed by atoms with Gasteiger partial charge < -0.3 is 15.4 Å². The highest BCUT2D eigenvalue weighted by Crippen LogP contribution is 2.22. The Morgan fingerprint density at radius 2 is 2.05 bits per heavy atom. The van der Waals surface area contributed by atoms with E-state index in [0.29, 0.717) is 19.2 Å². The SMILES string of the molecule is CCOc1ccc(C(=O)N2CCCCC2CCN)cc1.Cl. The number of amides is 1. The Morgan fingerprint density at radius 1 is 1.33 bits per heavy atom. The predicted molar refractivity (Wildman–Crippen MR) is 87.2 cm³/mol. The van der Waals surface area contributed by atoms with E-state index in [1.54, 1.807) is 0 Å². The molecule has 1 aliphatic rings. The summed E-state index contributed by atoms with van der Waals surface area (Å²) in [6.45, 7) is 4.07. The van der Waals surface area contributed by atoms with Crippen LogP contribution in [0.3, 0.4) is 0 Å². The van der Waals surface area contributed by atoms with Gasteiger partial charge in [0.05, 0.1) is 6.61 Å². The van der Waals surface area contributed by atoms with Crippen molar-refractivity contribution in [2.75, 3.05) is 19.7 Å². The van der Waals surface area contributed by atoms with Gasteiger partial charge in [-0.15, -0.1) is 12.4 Å². The summed E-state index contributed by atoms with van der Waals surface area (Å²) >= 11 is 0. The highest BCUT2D eigenvalue weighted by molar-refractivity contribution is 5.94. The molecule has 0 aromatic heterocycles. The minimum atomic E-state index is 0. The Hall–Kier alpha value is -1.26. The highest BCUT2D eigenvalue weighted by Gasteiger charge is 2.26. The van der Waals surface area contributed by atoms with Crippen LogP contribution in [-0.2, 0) is 0 Å². The van der Waals surface area contributed by atoms with E-state index in [-0.39, 0.29) is 18.3 Å². The zero-order valence-electron chi connectivity index (χ0n) is 12.6. The topological polar surface area (TPSA) is 55.6 Å². The van der Waals surface area contributed by atoms with Gasteiger partial charge in [0, 0.05) is 18.2 Å². The Labute approximate surface area is 133 Å². The second kappa shape index (κ2) is 8.90. The Balaban J connectivity index is 0.00000220. The molecule has 1 aliphatic heterocycles. The average molecular weight is 313 g/mol. The number of nitrogens with two attached hydrogens (primary N) is 1. The van der Waals surface area contributed by atoms with Crippen LogP contribution < -0.4 is 10.5 Å². The van der Waals surface area contributed by atoms with Gasteiger partial charge in [-0.3, -0.25) is 4.79 Å². The van der Waals surface area contributed by atoms with Crippen LogP contribution >= 0.6 is 12.4 Å². The molecule has 0 aliphatic carbocycles. The number of carbonyl (C=O) groups excluding carboxylic acids is 1. The summed E-state index contributed by atoms with van der Waals surface area (Å²) in [6, 6.07) is 7.72. The molecule has 0 spiro atoms. The molecule has 4 nitrogen and oxygen atoms in total. The van der Waals surface area contributed by atoms with Gasteiger partial charge in [0.1, 0.15) is 5.75 Å². The number of rotatable bonds is 5. The maximum absolute atomic E-state index is 12.6. The zero-order valence-corrected chi connectivity index (χ0v) is 13.4. The number of carbonyl (C=O) groups is 1. The number of piperidine rings is 1. The number of ether oxygens (including phenoxy) is 1. The summed E-state index contributed by atoms with van der Waals surface area (Å²) in [5.74, 6) is 0.924. The number of hydrogen-bond acceptors (Lipinski definition) is 3. The quantitative estimate of drug-likeness (QED) is 0.909. The fourth-order valence-corrected chi connectivity index (χ4v) is 2.79. The number of likely N-dealkylation sites (tertiary alicyclic amines) is 1. The van der Waals surface area contributed by atoms with Gasteiger partial charge in [-0.1, -0.05) is 0 Å². The van der Waals surface area contributed by atoms with Crippen molar-refractivity contribution in [2.45, 2.75) is 38.6 Å². The van der Waals surface area contributed by atoms with Crippen molar-refractivity contribution in [1.29, 1.82) is 0 Å². The summed E-state index contributed by atoms with van der Waals surface area (Å²) in [6.07, 6.45) is 4.24. The molecule has 2 rings (SSSR count). The van der Waals surface area contributed by atoms with Gasteiger partial charge in [-0.2, -0.15) is 0 Å². The lowest BCUT2D eigenvalue weighted by Crippen LogP contribution is -2.44. The first kappa shape index (κ1) is 17.8. The molecule has 0 bridgehead atoms. The van der Waals surface area contributed by atoms with Crippen LogP contribution in [0.2, 0.25) is 0 Å². The summed E-state index contributed by atoms with van der Waals surface area (Å²) < 4.78 is 5.40. The molecule has 0 saturated carbocycles. The fourth-order valence-electron chi connectivity index (χ4n) is 2.79. The van der Waals surface area contributed by atoms with E-state index < -0.39 is 0 Å². The molecular formula is C16H25ClN2O2. The van der Waals surface area contributed by atoms with Crippen LogP contribution in [0.25, 0.3) is 0 Å². The molecule has 1 amide bonds. The molecule has 118 valence electrons. The minimum Gasteiger partial charge on any atom is -0.494 e. The smallest absolute Gasteiger partial charge is 0.254 e. The van der Waals surface area contributed by atoms with Crippen LogP contribution in [-0.4, -0.2) is 36.5 Å². The summed E-state index contributed by atoms with van der Waals surface area (Å²) in [7, 11) is 0. The average Bonchev–Trinajstić information content (AvgIpc) is 2.49. The molecule has 1 unspecified atom stereocenters. The molecule has 2 N–H and O–H groups in total. The van der Waals surface area contributed by atoms with Crippen molar-refractivity contribution in [1.82, 2.24) is 4.90 Å². The normalized spacial score (nSPS) is 18.0. The zero-order chi connectivity index (χ0) is 14.4. The first-order valence-electron chi connectivity index (χ1n) is 7.50. The minimum absolute atomic E-state index is 0. The van der Waals surface area contributed by atoms with Crippen LogP contribution in [0.15, 0.2) is 24.3 Å². The first-order chi connectivity index (χ1) is 9.76. The fraction of sp³-hybridized carbons (Fsp3) is 0.562. The molecule has 1 aromatic rings. The third-order valence-electron chi connectivity index (χ3n) is 3.80. The summed E-state index contributed by atoms with van der Waals surface area (Å²) in [5.41, 5.74) is 6.39. The van der Waals surface area contributed by atoms with E-state index in [1.807, 2.05) is 36.1 Å². The number of benzene rings is 1. The second-order valence-electron chi connectivity index (χ2n) is 5.18. The maximum Gasteiger partial charge on any atom is 0.254 e. The van der Waals surface area contributed by atoms with Crippen molar-refractivity contribution in [2.24, 2.45) is 5.73 Å². The molecule has 0 radical (unpaired) electrons. The van der Waals surface area contributed by atoms with Gasteiger partial charge in [0.15, 0.2) is 0 Å². The molecule has 1 heterocycles. The molecular weight excluding hydrogens is 288 g/mol. The maximum atomic E-state index is 12.6. The van der Waals surface area contributed by atoms with Gasteiger partial charge in [-0.05, 0) is 63.4 Å². The van der Waals surface area contributed by atoms with E-state index in [1.165, 1.54) is 6.42 Å². The number of nitrogens with zero attached hydrogens (tertiary/aromatic N) is 1. The van der Waals surface area contributed by atoms with Gasteiger partial charge in [0.2, 0.25) is 0 Å². The molecule has 1 fully saturated rings. The molecule has 1 saturated heterocycles. The van der Waals surface area contributed by atoms with Crippen molar-refractivity contribution in [3.05, 3.63) is 29.8 Å². The summed E-state index contributed by atoms with van der Waals surface area (Å²) in [4.78, 5) is 14.6. The van der Waals surface area contributed by atoms with Gasteiger partial charge in [-0.25, -0.2) is 0 Å². The molecule has 5 heteroatoms. The van der Waals surface area contributed by atoms with Gasteiger partial charge in [0.25, 0.3) is 5.91 Å². The van der Waals surface area contributed by atoms with Crippen LogP contribution in [0.4, 0.5) is 0 Å². The number of halogens is 1. The predicted octanol–water partition coefficient (Wildman–Crippen LogP) is 2.85.